The number of primary amides is 1. The number of carbonyl (C=O) groups excluding carboxylic acids is 14. The van der Waals surface area contributed by atoms with Gasteiger partial charge < -0.3 is 117 Å². The van der Waals surface area contributed by atoms with Crippen LogP contribution in [0.3, 0.4) is 0 Å². The minimum absolute atomic E-state index is 0.0166. The Bertz CT molecular complexity index is 3310. The highest BCUT2D eigenvalue weighted by Gasteiger charge is 2.40. The molecular formula is C67H109N19O20S. The highest BCUT2D eigenvalue weighted by atomic mass is 32.1. The highest BCUT2D eigenvalue weighted by molar-refractivity contribution is 7.80. The van der Waals surface area contributed by atoms with E-state index in [9.17, 15) is 97.1 Å². The number of aromatic amines is 1. The predicted octanol–water partition coefficient (Wildman–Crippen LogP) is -6.78. The van der Waals surface area contributed by atoms with Crippen molar-refractivity contribution in [3.05, 3.63) is 54.1 Å². The van der Waals surface area contributed by atoms with Crippen LogP contribution in [0.1, 0.15) is 131 Å². The van der Waals surface area contributed by atoms with Crippen molar-refractivity contribution in [1.82, 2.24) is 79.1 Å². The highest BCUT2D eigenvalue weighted by Crippen LogP contribution is 2.14. The molecule has 0 bridgehead atoms. The van der Waals surface area contributed by atoms with E-state index in [2.05, 4.69) is 91.7 Å². The number of aliphatic hydroxyl groups excluding tert-OH is 2. The molecule has 0 aliphatic heterocycles. The maximum atomic E-state index is 14.3. The molecule has 2 rings (SSSR count). The number of rotatable bonds is 50. The van der Waals surface area contributed by atoms with Crippen molar-refractivity contribution in [2.75, 3.05) is 25.4 Å². The molecule has 0 saturated carbocycles. The second-order valence-electron chi connectivity index (χ2n) is 26.8. The Kier molecular flexibility index (Phi) is 41.5. The van der Waals surface area contributed by atoms with E-state index in [1.165, 1.54) is 67.9 Å². The molecule has 0 aliphatic carbocycles. The van der Waals surface area contributed by atoms with Gasteiger partial charge in [0.2, 0.25) is 82.7 Å². The zero-order chi connectivity index (χ0) is 80.9. The Morgan fingerprint density at radius 1 is 0.458 bits per heavy atom. The Morgan fingerprint density at radius 2 is 0.860 bits per heavy atom. The summed E-state index contributed by atoms with van der Waals surface area (Å²) in [7, 11) is 0. The number of carboxylic acids is 2. The summed E-state index contributed by atoms with van der Waals surface area (Å²) in [4.78, 5) is 222. The minimum atomic E-state index is -1.88. The second-order valence-corrected chi connectivity index (χ2v) is 27.1. The third kappa shape index (κ3) is 33.2. The summed E-state index contributed by atoms with van der Waals surface area (Å²) in [6.45, 7) is 12.0. The lowest BCUT2D eigenvalue weighted by Gasteiger charge is -2.30. The first-order valence-corrected chi connectivity index (χ1v) is 35.7. The van der Waals surface area contributed by atoms with Gasteiger partial charge in [0, 0.05) is 36.9 Å². The van der Waals surface area contributed by atoms with Gasteiger partial charge in [-0.1, -0.05) is 78.3 Å². The number of aromatic nitrogens is 2. The number of thiol groups is 1. The maximum absolute atomic E-state index is 14.3. The molecule has 1 aromatic carbocycles. The van der Waals surface area contributed by atoms with Crippen molar-refractivity contribution in [3.63, 3.8) is 0 Å². The number of hydrogen-bond acceptors (Lipinski definition) is 23. The van der Waals surface area contributed by atoms with E-state index in [-0.39, 0.29) is 38.6 Å². The van der Waals surface area contributed by atoms with Crippen LogP contribution in [0, 0.1) is 17.8 Å². The first kappa shape index (κ1) is 93.2. The Balaban J connectivity index is 2.33. The number of nitrogens with one attached hydrogen (secondary N) is 14. The van der Waals surface area contributed by atoms with Crippen LogP contribution >= 0.6 is 12.6 Å². The summed E-state index contributed by atoms with van der Waals surface area (Å²) in [5.41, 5.74) is 23.9. The molecule has 598 valence electrons. The largest absolute Gasteiger partial charge is 0.481 e. The van der Waals surface area contributed by atoms with Gasteiger partial charge in [0.05, 0.1) is 31.5 Å². The molecule has 26 N–H and O–H groups in total. The number of H-pyrrole nitrogens is 1. The lowest BCUT2D eigenvalue weighted by Crippen LogP contribution is -2.63. The van der Waals surface area contributed by atoms with Crippen LogP contribution in [-0.2, 0) is 89.6 Å². The molecule has 0 aliphatic rings. The van der Waals surface area contributed by atoms with Crippen LogP contribution in [0.5, 0.6) is 0 Å². The van der Waals surface area contributed by atoms with Gasteiger partial charge in [-0.25, -0.2) is 4.98 Å². The Hall–Kier alpha value is -9.90. The van der Waals surface area contributed by atoms with Crippen LogP contribution < -0.4 is 92.1 Å². The van der Waals surface area contributed by atoms with E-state index in [1.54, 1.807) is 30.3 Å². The van der Waals surface area contributed by atoms with Gasteiger partial charge in [0.1, 0.15) is 78.5 Å². The quantitative estimate of drug-likeness (QED) is 0.0216. The molecule has 39 nitrogen and oxygen atoms in total. The molecule has 15 atom stereocenters. The fourth-order valence-corrected chi connectivity index (χ4v) is 10.6. The number of amides is 14. The molecule has 2 aromatic rings. The number of benzene rings is 1. The van der Waals surface area contributed by atoms with Crippen molar-refractivity contribution in [3.8, 4) is 0 Å². The van der Waals surface area contributed by atoms with Gasteiger partial charge in [-0.05, 0) is 95.7 Å². The second kappa shape index (κ2) is 47.6. The van der Waals surface area contributed by atoms with Crippen molar-refractivity contribution in [1.29, 1.82) is 0 Å². The van der Waals surface area contributed by atoms with Crippen LogP contribution in [0.2, 0.25) is 0 Å². The molecule has 14 amide bonds. The van der Waals surface area contributed by atoms with Crippen LogP contribution in [0.25, 0.3) is 0 Å². The summed E-state index contributed by atoms with van der Waals surface area (Å²) >= 11 is 4.25. The zero-order valence-corrected chi connectivity index (χ0v) is 62.5. The molecule has 0 spiro atoms. The third-order valence-corrected chi connectivity index (χ3v) is 17.0. The Morgan fingerprint density at radius 3 is 1.34 bits per heavy atom. The summed E-state index contributed by atoms with van der Waals surface area (Å²) in [5, 5.41) is 71.6. The normalized spacial score (nSPS) is 15.5. The molecule has 0 saturated heterocycles. The molecule has 1 heterocycles. The predicted molar refractivity (Wildman–Crippen MR) is 388 cm³/mol. The lowest BCUT2D eigenvalue weighted by atomic mass is 9.98. The molecule has 40 heteroatoms. The summed E-state index contributed by atoms with van der Waals surface area (Å²) < 4.78 is 0. The number of carboxylic acid groups (broad SMARTS) is 2. The van der Waals surface area contributed by atoms with E-state index >= 15 is 0 Å². The van der Waals surface area contributed by atoms with Gasteiger partial charge >= 0.3 is 11.9 Å². The standard InChI is InChI=1S/C67H109N19O20S/c1-32(2)50(85-64(102)51(33(3)4)83-60(98)45(27-48(71)89)79-61(99)46(29-87)81-54(92)35(7)74-58(96)43(25-38-17-11-10-12-18-38)78-55(93)40(70)19-13-15-23-68)63(101)77-42(21-22-49(90)91)57(95)76-41(20-14-16-24-69)56(94)82-47(30-107)62(100)84-52(34(5)6)65(103)86-53(37(9)88)66(104)80-44(26-39-28-72-31-73-39)59(97)75-36(8)67(105)106/h10-12,17-18,28,31-37,40-47,50-53,87-88,107H,13-16,19-27,29-30,68-70H2,1-9H3,(H2,71,89)(H,72,73)(H,74,96)(H,75,97)(H,76,95)(H,77,101)(H,78,93)(H,79,99)(H,80,104)(H,81,92)(H,82,94)(H,83,98)(H,84,100)(H,85,102)(H,86,103)(H,90,91)(H,105,106)/t35-,36-,37+,40-,41-,42-,43-,44-,45-,46-,47-,50-,51-,52-,53-/m0/s1. The minimum Gasteiger partial charge on any atom is -0.481 e. The van der Waals surface area contributed by atoms with E-state index in [1.807, 2.05) is 0 Å². The number of aliphatic hydroxyl groups is 2. The fourth-order valence-electron chi connectivity index (χ4n) is 10.3. The Labute approximate surface area is 625 Å². The van der Waals surface area contributed by atoms with Gasteiger partial charge in [-0.3, -0.25) is 76.7 Å². The molecule has 107 heavy (non-hydrogen) atoms. The van der Waals surface area contributed by atoms with E-state index < -0.39 is 235 Å². The van der Waals surface area contributed by atoms with Crippen LogP contribution in [0.4, 0.5) is 0 Å². The molecule has 0 radical (unpaired) electrons. The average Bonchev–Trinajstić information content (AvgIpc) is 1.08. The van der Waals surface area contributed by atoms with Crippen molar-refractivity contribution >= 4 is 107 Å². The zero-order valence-electron chi connectivity index (χ0n) is 61.6. The van der Waals surface area contributed by atoms with E-state index in [0.717, 1.165) is 6.92 Å². The van der Waals surface area contributed by atoms with Crippen molar-refractivity contribution < 1.29 is 97.1 Å². The fraction of sp³-hybridized carbons (Fsp3) is 0.627. The lowest BCUT2D eigenvalue weighted by molar-refractivity contribution is -0.142. The van der Waals surface area contributed by atoms with Gasteiger partial charge in [-0.2, -0.15) is 12.6 Å². The van der Waals surface area contributed by atoms with Gasteiger partial charge in [-0.15, -0.1) is 0 Å². The first-order valence-electron chi connectivity index (χ1n) is 35.1. The smallest absolute Gasteiger partial charge is 0.325 e. The third-order valence-electron chi connectivity index (χ3n) is 16.6. The van der Waals surface area contributed by atoms with Crippen LogP contribution in [-0.4, -0.2) is 241 Å². The molecular weight excluding hydrogens is 1420 g/mol. The number of hydrogen-bond donors (Lipinski definition) is 23. The molecule has 0 unspecified atom stereocenters. The number of nitrogens with zero attached hydrogens (tertiary/aromatic N) is 1. The van der Waals surface area contributed by atoms with E-state index in [4.69, 9.17) is 22.9 Å². The van der Waals surface area contributed by atoms with E-state index in [0.29, 0.717) is 37.1 Å². The maximum Gasteiger partial charge on any atom is 0.325 e. The van der Waals surface area contributed by atoms with Crippen molar-refractivity contribution in [2.24, 2.45) is 40.7 Å². The van der Waals surface area contributed by atoms with Gasteiger partial charge in [0.25, 0.3) is 0 Å². The summed E-state index contributed by atoms with van der Waals surface area (Å²) in [6, 6.07) is -12.8. The summed E-state index contributed by atoms with van der Waals surface area (Å²) in [5.74, 6) is -19.9. The monoisotopic (exact) mass is 1530 g/mol. The van der Waals surface area contributed by atoms with Crippen molar-refractivity contribution in [2.45, 2.75) is 224 Å². The average molecular weight is 1530 g/mol. The van der Waals surface area contributed by atoms with Crippen LogP contribution in [0.15, 0.2) is 42.9 Å². The summed E-state index contributed by atoms with van der Waals surface area (Å²) in [6.07, 6.45) is 0.323. The number of imidazole rings is 1. The SMILES string of the molecule is CC(C)[C@H](NC(=O)[C@H](CC(N)=O)NC(=O)[C@H](CO)NC(=O)[C@H](C)NC(=O)[C@H](Cc1ccccc1)NC(=O)[C@@H](N)CCCCN)C(=O)N[C@H](C(=O)N[C@@H](CCC(=O)O)C(=O)N[C@@H](CCCCN)C(=O)N[C@@H](CS)C(=O)N[C@H](C(=O)N[C@H](C(=O)N[C@@H](Cc1cnc[nH]1)C(=O)N[C@@H](C)C(=O)O)[C@@H](C)O)C(C)C)C(C)C. The number of carbonyl (C=O) groups is 16. The molecule has 1 aromatic heterocycles. The molecule has 0 fully saturated rings. The number of unbranched alkanes of at least 4 members (excludes halogenated alkanes) is 2. The number of aliphatic carboxylic acids is 2. The first-order chi connectivity index (χ1) is 50.3. The van der Waals surface area contributed by atoms with Gasteiger partial charge in [0.15, 0.2) is 0 Å². The number of nitrogens with two attached hydrogens (primary N) is 4. The topological polar surface area (TPSA) is 643 Å².